The predicted octanol–water partition coefficient (Wildman–Crippen LogP) is 4.96. The summed E-state index contributed by atoms with van der Waals surface area (Å²) in [6, 6.07) is 0. The van der Waals surface area contributed by atoms with Crippen molar-refractivity contribution in [3.05, 3.63) is 0 Å². The summed E-state index contributed by atoms with van der Waals surface area (Å²) in [5.74, 6) is -5.16. The number of esters is 4. The quantitative estimate of drug-likeness (QED) is 0.0172. The van der Waals surface area contributed by atoms with Gasteiger partial charge >= 0.3 is 91.6 Å². The van der Waals surface area contributed by atoms with Gasteiger partial charge in [-0.2, -0.15) is 10.2 Å². The molecule has 24 heteroatoms. The summed E-state index contributed by atoms with van der Waals surface area (Å²) >= 11 is 3.81. The molecule has 0 spiro atoms. The SMILES string of the molecule is CCC(=O)C(=O)N/N=C(\C)CCC(=O)OCC(C)OC(C)COC(=O)CC/C(C)=N/NC(=O)C(=O)CN=C(C)CCC(=O)OCC(C)OC(C)COC(=O)CCC(C)=NC.[2H][B]I(I)I. The van der Waals surface area contributed by atoms with Crippen LogP contribution in [0.2, 0.25) is 0 Å². The molecule has 1 radical (unpaired) electrons. The number of carbonyl (C=O) groups is 8. The minimum absolute atomic E-state index is 0.00147. The molecular formula is C40H65BI3N6O14. The van der Waals surface area contributed by atoms with Crippen molar-refractivity contribution >= 4 is 125 Å². The maximum absolute atomic E-state index is 12.2. The Kier molecular flexibility index (Phi) is 36.4. The molecule has 0 aromatic rings. The van der Waals surface area contributed by atoms with Crippen LogP contribution < -0.4 is 10.9 Å². The van der Waals surface area contributed by atoms with Crippen molar-refractivity contribution in [2.24, 2.45) is 20.2 Å². The molecule has 4 unspecified atom stereocenters. The van der Waals surface area contributed by atoms with Crippen LogP contribution in [-0.4, -0.2) is 142 Å². The third-order valence-electron chi connectivity index (χ3n) is 8.01. The van der Waals surface area contributed by atoms with Crippen LogP contribution in [0, 0.1) is 0 Å². The van der Waals surface area contributed by atoms with Gasteiger partial charge in [-0.1, -0.05) is 6.92 Å². The zero-order valence-corrected chi connectivity index (χ0v) is 44.9. The molecule has 0 aliphatic carbocycles. The van der Waals surface area contributed by atoms with E-state index in [4.69, 9.17) is 29.8 Å². The number of halogens is 3. The van der Waals surface area contributed by atoms with E-state index >= 15 is 0 Å². The van der Waals surface area contributed by atoms with Crippen LogP contribution in [0.25, 0.3) is 0 Å². The Morgan fingerprint density at radius 3 is 1.19 bits per heavy atom. The molecule has 64 heavy (non-hydrogen) atoms. The number of ketones is 2. The van der Waals surface area contributed by atoms with Crippen LogP contribution >= 0.6 is 48.9 Å². The number of nitrogens with zero attached hydrogens (tertiary/aromatic N) is 4. The molecule has 0 heterocycles. The van der Waals surface area contributed by atoms with E-state index in [1.54, 1.807) is 68.1 Å². The zero-order valence-electron chi connectivity index (χ0n) is 39.4. The summed E-state index contributed by atoms with van der Waals surface area (Å²) in [5.41, 5.74) is 7.95. The number of hydrogen-bond acceptors (Lipinski definition) is 18. The van der Waals surface area contributed by atoms with Crippen molar-refractivity contribution in [2.75, 3.05) is 40.0 Å². The molecule has 20 nitrogen and oxygen atoms in total. The van der Waals surface area contributed by atoms with Crippen LogP contribution in [-0.2, 0) is 66.8 Å². The summed E-state index contributed by atoms with van der Waals surface area (Å²) < 4.78 is 38.8. The second-order valence-electron chi connectivity index (χ2n) is 14.3. The van der Waals surface area contributed by atoms with Gasteiger partial charge in [-0.15, -0.1) is 0 Å². The molecule has 0 aromatic carbocycles. The van der Waals surface area contributed by atoms with E-state index in [0.29, 0.717) is 23.6 Å². The Morgan fingerprint density at radius 1 is 0.562 bits per heavy atom. The zero-order chi connectivity index (χ0) is 49.9. The average molecular weight is 1250 g/mol. The summed E-state index contributed by atoms with van der Waals surface area (Å²) in [5, 5.41) is 7.63. The van der Waals surface area contributed by atoms with Gasteiger partial charge < -0.3 is 28.4 Å². The summed E-state index contributed by atoms with van der Waals surface area (Å²) in [7, 11) is 1.66. The van der Waals surface area contributed by atoms with Gasteiger partial charge in [0.25, 0.3) is 0 Å². The van der Waals surface area contributed by atoms with Crippen LogP contribution in [0.15, 0.2) is 20.2 Å². The van der Waals surface area contributed by atoms with Crippen LogP contribution in [0.3, 0.4) is 0 Å². The number of carbonyl (C=O) groups excluding carboxylic acids is 8. The fraction of sp³-hybridized carbons (Fsp3) is 0.700. The summed E-state index contributed by atoms with van der Waals surface area (Å²) in [4.78, 5) is 104. The second-order valence-corrected chi connectivity index (χ2v) is 37.8. The van der Waals surface area contributed by atoms with E-state index in [2.05, 4.69) is 68.3 Å². The Hall–Kier alpha value is -2.99. The molecule has 363 valence electrons. The van der Waals surface area contributed by atoms with Crippen molar-refractivity contribution in [3.63, 3.8) is 0 Å². The molecule has 2 N–H and O–H groups in total. The van der Waals surface area contributed by atoms with Gasteiger partial charge in [0.1, 0.15) is 33.0 Å². The van der Waals surface area contributed by atoms with Gasteiger partial charge in [0.15, 0.2) is 0 Å². The monoisotopic (exact) mass is 1250 g/mol. The van der Waals surface area contributed by atoms with Crippen molar-refractivity contribution in [1.82, 2.24) is 10.9 Å². The molecule has 0 fully saturated rings. The average Bonchev–Trinajstić information content (AvgIpc) is 3.28. The molecular weight excluding hydrogens is 1180 g/mol. The van der Waals surface area contributed by atoms with Crippen molar-refractivity contribution in [2.45, 2.75) is 145 Å². The normalized spacial score (nSPS) is 14.2. The fourth-order valence-corrected chi connectivity index (χ4v) is 4.37. The molecule has 4 atom stereocenters. The van der Waals surface area contributed by atoms with Gasteiger partial charge in [0.2, 0.25) is 11.6 Å². The molecule has 0 saturated heterocycles. The number of rotatable bonds is 32. The number of hydrogen-bond donors (Lipinski definition) is 2. The molecule has 0 aliphatic heterocycles. The topological polar surface area (TPSA) is 265 Å². The molecule has 0 bridgehead atoms. The third kappa shape index (κ3) is 38.3. The summed E-state index contributed by atoms with van der Waals surface area (Å²) in [6.07, 6.45) is -0.530. The number of Topliss-reactive ketones (excluding diaryl/α,β-unsaturated/α-hetero) is 2. The Bertz CT molecular complexity index is 1670. The van der Waals surface area contributed by atoms with Gasteiger partial charge in [0.05, 0.1) is 50.1 Å². The Balaban J connectivity index is 0. The van der Waals surface area contributed by atoms with Gasteiger partial charge in [-0.25, -0.2) is 10.9 Å². The van der Waals surface area contributed by atoms with Gasteiger partial charge in [-0.05, 0) is 81.1 Å². The predicted molar refractivity (Wildman–Crippen MR) is 270 cm³/mol. The van der Waals surface area contributed by atoms with E-state index in [-0.39, 0.29) is 83.8 Å². The first-order chi connectivity index (χ1) is 30.5. The molecule has 0 aliphatic rings. The van der Waals surface area contributed by atoms with E-state index in [0.717, 1.165) is 5.71 Å². The molecule has 0 saturated carbocycles. The standard InChI is InChI=1S/C40H64N6O14.BHI3/c1-11-33(47)39(53)45-43-27(4)14-18-37(51)57-23-31(8)60-32(9)24-58-38(52)19-15-28(5)44-46-40(54)34(48)20-42-26(3)13-17-36(50)56-22-30(7)59-29(6)21-55-35(49)16-12-25(2)41-10;1-4(2)3/h29-32H,11-24H2,1-10H3,(H,45,53)(H,46,54);1H/b41-25?,42-26?,43-27+,44-28+;/i;1D. The minimum atomic E-state index is -0.992. The fourth-order valence-electron chi connectivity index (χ4n) is 4.37. The first kappa shape index (κ1) is 61.0. The molecule has 0 rings (SSSR count). The van der Waals surface area contributed by atoms with Crippen LogP contribution in [0.5, 0.6) is 0 Å². The van der Waals surface area contributed by atoms with Gasteiger partial charge in [-0.3, -0.25) is 48.3 Å². The number of aliphatic imine (C=N–C) groups is 2. The van der Waals surface area contributed by atoms with E-state index < -0.39 is 83.9 Å². The van der Waals surface area contributed by atoms with Crippen molar-refractivity contribution in [3.8, 4) is 0 Å². The van der Waals surface area contributed by atoms with E-state index in [1.807, 2.05) is 6.92 Å². The number of hydrazone groups is 2. The molecule has 0 aromatic heterocycles. The van der Waals surface area contributed by atoms with E-state index in [9.17, 15) is 38.4 Å². The van der Waals surface area contributed by atoms with E-state index in [1.165, 1.54) is 0 Å². The van der Waals surface area contributed by atoms with Crippen molar-refractivity contribution in [1.29, 1.82) is 1.34 Å². The Morgan fingerprint density at radius 2 is 0.875 bits per heavy atom. The number of nitrogens with one attached hydrogen (secondary N) is 2. The van der Waals surface area contributed by atoms with Gasteiger partial charge in [0, 0.05) is 36.3 Å². The molecule has 2 amide bonds. The van der Waals surface area contributed by atoms with Crippen LogP contribution in [0.4, 0.5) is 0 Å². The second kappa shape index (κ2) is 38.2. The Labute approximate surface area is 405 Å². The summed E-state index contributed by atoms with van der Waals surface area (Å²) in [6.45, 7) is 14.5. The van der Waals surface area contributed by atoms with Crippen LogP contribution in [0.1, 0.15) is 120 Å². The number of ether oxygens (including phenoxy) is 6. The first-order valence-corrected chi connectivity index (χ1v) is 34.2. The first-order valence-electron chi connectivity index (χ1n) is 20.9. The maximum atomic E-state index is 12.2. The third-order valence-corrected chi connectivity index (χ3v) is 8.01. The van der Waals surface area contributed by atoms with Crippen molar-refractivity contribution < 1.29 is 66.8 Å². The number of amides is 2.